The summed E-state index contributed by atoms with van der Waals surface area (Å²) >= 11 is 5.48. The molecule has 0 amide bonds. The Labute approximate surface area is 95.1 Å². The quantitative estimate of drug-likeness (QED) is 0.691. The highest BCUT2D eigenvalue weighted by Gasteiger charge is 2.21. The van der Waals surface area contributed by atoms with Crippen molar-refractivity contribution in [1.29, 1.82) is 0 Å². The number of nitrogens with zero attached hydrogens (tertiary/aromatic N) is 2. The van der Waals surface area contributed by atoms with Crippen LogP contribution in [0.4, 0.5) is 5.82 Å². The van der Waals surface area contributed by atoms with Gasteiger partial charge in [-0.3, -0.25) is 4.79 Å². The molecular weight excluding hydrogens is 238 g/mol. The van der Waals surface area contributed by atoms with E-state index in [-0.39, 0.29) is 11.0 Å². The molecule has 1 atom stereocenters. The van der Waals surface area contributed by atoms with Crippen LogP contribution in [0.5, 0.6) is 0 Å². The van der Waals surface area contributed by atoms with Crippen LogP contribution in [0.25, 0.3) is 0 Å². The van der Waals surface area contributed by atoms with Crippen LogP contribution in [-0.2, 0) is 9.59 Å². The van der Waals surface area contributed by atoms with Gasteiger partial charge in [-0.1, -0.05) is 11.6 Å². The fraction of sp³-hybridized carbons (Fsp3) is 0.250. The Kier molecular flexibility index (Phi) is 4.01. The molecular formula is C8H8ClN3O4. The first-order chi connectivity index (χ1) is 7.49. The minimum absolute atomic E-state index is 0.151. The zero-order chi connectivity index (χ0) is 12.1. The number of nitrogens with one attached hydrogen (secondary N) is 1. The fourth-order valence-electron chi connectivity index (χ4n) is 0.946. The van der Waals surface area contributed by atoms with Crippen molar-refractivity contribution in [2.45, 2.75) is 12.5 Å². The van der Waals surface area contributed by atoms with Gasteiger partial charge in [0.05, 0.1) is 6.42 Å². The second-order valence-electron chi connectivity index (χ2n) is 2.87. The number of rotatable bonds is 5. The Morgan fingerprint density at radius 3 is 2.50 bits per heavy atom. The first-order valence-corrected chi connectivity index (χ1v) is 4.57. The van der Waals surface area contributed by atoms with Crippen molar-refractivity contribution in [2.75, 3.05) is 5.32 Å². The van der Waals surface area contributed by atoms with Crippen molar-refractivity contribution >= 4 is 29.4 Å². The molecule has 0 spiro atoms. The number of carboxylic acid groups (broad SMARTS) is 2. The first kappa shape index (κ1) is 12.2. The van der Waals surface area contributed by atoms with Gasteiger partial charge in [-0.25, -0.2) is 4.79 Å². The molecule has 3 N–H and O–H groups in total. The molecule has 1 unspecified atom stereocenters. The molecule has 16 heavy (non-hydrogen) atoms. The van der Waals surface area contributed by atoms with E-state index >= 15 is 0 Å². The summed E-state index contributed by atoms with van der Waals surface area (Å²) in [5, 5.41) is 26.9. The Bertz CT molecular complexity index is 395. The van der Waals surface area contributed by atoms with E-state index in [1.807, 2.05) is 0 Å². The summed E-state index contributed by atoms with van der Waals surface area (Å²) in [7, 11) is 0. The largest absolute Gasteiger partial charge is 0.481 e. The van der Waals surface area contributed by atoms with E-state index in [9.17, 15) is 9.59 Å². The third-order valence-electron chi connectivity index (χ3n) is 1.63. The molecule has 1 rings (SSSR count). The van der Waals surface area contributed by atoms with Crippen molar-refractivity contribution in [3.63, 3.8) is 0 Å². The third-order valence-corrected chi connectivity index (χ3v) is 1.83. The molecule has 0 saturated carbocycles. The van der Waals surface area contributed by atoms with Crippen LogP contribution in [0.1, 0.15) is 6.42 Å². The summed E-state index contributed by atoms with van der Waals surface area (Å²) in [4.78, 5) is 21.1. The number of hydrogen-bond acceptors (Lipinski definition) is 5. The summed E-state index contributed by atoms with van der Waals surface area (Å²) in [6, 6.07) is 1.57. The summed E-state index contributed by atoms with van der Waals surface area (Å²) in [5.41, 5.74) is 0. The van der Waals surface area contributed by atoms with E-state index in [2.05, 4.69) is 15.5 Å². The lowest BCUT2D eigenvalue weighted by Gasteiger charge is -2.11. The smallest absolute Gasteiger partial charge is 0.326 e. The average molecular weight is 246 g/mol. The highest BCUT2D eigenvalue weighted by atomic mass is 35.5. The first-order valence-electron chi connectivity index (χ1n) is 4.19. The zero-order valence-corrected chi connectivity index (χ0v) is 8.68. The molecule has 7 nitrogen and oxygen atoms in total. The Morgan fingerprint density at radius 1 is 1.38 bits per heavy atom. The van der Waals surface area contributed by atoms with E-state index in [4.69, 9.17) is 21.8 Å². The van der Waals surface area contributed by atoms with Crippen LogP contribution in [0.15, 0.2) is 12.1 Å². The van der Waals surface area contributed by atoms with Gasteiger partial charge in [0.15, 0.2) is 5.15 Å². The maximum Gasteiger partial charge on any atom is 0.326 e. The Morgan fingerprint density at radius 2 is 2.06 bits per heavy atom. The molecule has 8 heteroatoms. The zero-order valence-electron chi connectivity index (χ0n) is 7.92. The molecule has 0 saturated heterocycles. The molecule has 1 heterocycles. The molecule has 86 valence electrons. The number of aliphatic carboxylic acids is 2. The summed E-state index contributed by atoms with van der Waals surface area (Å²) < 4.78 is 0. The summed E-state index contributed by atoms with van der Waals surface area (Å²) in [6.45, 7) is 0. The molecule has 0 aliphatic heterocycles. The van der Waals surface area contributed by atoms with Crippen LogP contribution in [0.3, 0.4) is 0 Å². The van der Waals surface area contributed by atoms with Gasteiger partial charge in [-0.15, -0.1) is 10.2 Å². The van der Waals surface area contributed by atoms with Gasteiger partial charge < -0.3 is 15.5 Å². The van der Waals surface area contributed by atoms with Crippen LogP contribution < -0.4 is 5.32 Å². The lowest BCUT2D eigenvalue weighted by Crippen LogP contribution is -2.32. The van der Waals surface area contributed by atoms with E-state index in [1.54, 1.807) is 0 Å². The predicted molar refractivity (Wildman–Crippen MR) is 54.3 cm³/mol. The monoisotopic (exact) mass is 245 g/mol. The lowest BCUT2D eigenvalue weighted by molar-refractivity contribution is -0.144. The maximum atomic E-state index is 10.7. The molecule has 0 radical (unpaired) electrons. The highest BCUT2D eigenvalue weighted by Crippen LogP contribution is 2.08. The standard InChI is InChI=1S/C8H8ClN3O4/c9-5-1-2-6(12-11-5)10-4(8(15)16)3-7(13)14/h1-2,4H,3H2,(H,10,12)(H,13,14)(H,15,16). The van der Waals surface area contributed by atoms with Gasteiger partial charge in [-0.05, 0) is 12.1 Å². The topological polar surface area (TPSA) is 112 Å². The van der Waals surface area contributed by atoms with E-state index in [0.717, 1.165) is 0 Å². The van der Waals surface area contributed by atoms with Crippen molar-refractivity contribution in [3.8, 4) is 0 Å². The van der Waals surface area contributed by atoms with Crippen LogP contribution in [-0.4, -0.2) is 38.4 Å². The van der Waals surface area contributed by atoms with E-state index < -0.39 is 24.4 Å². The van der Waals surface area contributed by atoms with Gasteiger partial charge >= 0.3 is 11.9 Å². The molecule has 0 aliphatic carbocycles. The number of halogens is 1. The molecule has 1 aromatic heterocycles. The minimum Gasteiger partial charge on any atom is -0.481 e. The highest BCUT2D eigenvalue weighted by molar-refractivity contribution is 6.29. The van der Waals surface area contributed by atoms with E-state index in [1.165, 1.54) is 12.1 Å². The van der Waals surface area contributed by atoms with Gasteiger partial charge in [0.25, 0.3) is 0 Å². The van der Waals surface area contributed by atoms with Gasteiger partial charge in [0.1, 0.15) is 11.9 Å². The average Bonchev–Trinajstić information content (AvgIpc) is 2.19. The maximum absolute atomic E-state index is 10.7. The number of carbonyl (C=O) groups is 2. The predicted octanol–water partition coefficient (Wildman–Crippen LogP) is 0.470. The second kappa shape index (κ2) is 5.26. The normalized spacial score (nSPS) is 11.8. The Balaban J connectivity index is 2.71. The Hall–Kier alpha value is -1.89. The summed E-state index contributed by atoms with van der Waals surface area (Å²) in [6.07, 6.45) is -0.556. The van der Waals surface area contributed by atoms with Crippen molar-refractivity contribution in [1.82, 2.24) is 10.2 Å². The van der Waals surface area contributed by atoms with Crippen molar-refractivity contribution < 1.29 is 19.8 Å². The number of aromatic nitrogens is 2. The van der Waals surface area contributed by atoms with Crippen molar-refractivity contribution in [2.24, 2.45) is 0 Å². The molecule has 0 bridgehead atoms. The number of anilines is 1. The molecule has 0 aromatic carbocycles. The fourth-order valence-corrected chi connectivity index (χ4v) is 1.05. The molecule has 0 aliphatic rings. The molecule has 0 fully saturated rings. The van der Waals surface area contributed by atoms with Crippen LogP contribution in [0.2, 0.25) is 5.15 Å². The van der Waals surface area contributed by atoms with Crippen molar-refractivity contribution in [3.05, 3.63) is 17.3 Å². The lowest BCUT2D eigenvalue weighted by atomic mass is 10.2. The third kappa shape index (κ3) is 3.70. The van der Waals surface area contributed by atoms with E-state index in [0.29, 0.717) is 0 Å². The second-order valence-corrected chi connectivity index (χ2v) is 3.26. The number of hydrogen-bond donors (Lipinski definition) is 3. The number of carboxylic acids is 2. The van der Waals surface area contributed by atoms with Gasteiger partial charge in [-0.2, -0.15) is 0 Å². The molecule has 1 aromatic rings. The van der Waals surface area contributed by atoms with Crippen LogP contribution >= 0.6 is 11.6 Å². The SMILES string of the molecule is O=C(O)CC(Nc1ccc(Cl)nn1)C(=O)O. The van der Waals surface area contributed by atoms with Gasteiger partial charge in [0, 0.05) is 0 Å². The van der Waals surface area contributed by atoms with Crippen LogP contribution in [0, 0.1) is 0 Å². The summed E-state index contributed by atoms with van der Waals surface area (Å²) in [5.74, 6) is -2.35. The minimum atomic E-state index is -1.28. The van der Waals surface area contributed by atoms with Gasteiger partial charge in [0.2, 0.25) is 0 Å².